The highest BCUT2D eigenvalue weighted by Gasteiger charge is 2.11. The van der Waals surface area contributed by atoms with Crippen molar-refractivity contribution in [1.82, 2.24) is 15.3 Å². The van der Waals surface area contributed by atoms with Gasteiger partial charge in [0.25, 0.3) is 0 Å². The molecule has 1 aromatic heterocycles. The fraction of sp³-hybridized carbons (Fsp3) is 0.500. The van der Waals surface area contributed by atoms with Gasteiger partial charge in [-0.2, -0.15) is 0 Å². The first-order chi connectivity index (χ1) is 6.97. The molecular weight excluding hydrogens is 192 g/mol. The molecule has 0 aliphatic rings. The van der Waals surface area contributed by atoms with Crippen molar-refractivity contribution in [3.63, 3.8) is 0 Å². The van der Waals surface area contributed by atoms with Gasteiger partial charge >= 0.3 is 0 Å². The maximum absolute atomic E-state index is 11.4. The van der Waals surface area contributed by atoms with E-state index in [1.807, 2.05) is 20.8 Å². The van der Waals surface area contributed by atoms with Crippen LogP contribution in [-0.4, -0.2) is 28.0 Å². The van der Waals surface area contributed by atoms with Crippen molar-refractivity contribution < 1.29 is 4.79 Å². The van der Waals surface area contributed by atoms with E-state index in [1.165, 1.54) is 12.4 Å². The van der Waals surface area contributed by atoms with Crippen LogP contribution in [0, 0.1) is 0 Å². The van der Waals surface area contributed by atoms with E-state index in [2.05, 4.69) is 20.6 Å². The number of carbonyl (C=O) groups excluding carboxylic acids is 1. The van der Waals surface area contributed by atoms with E-state index in [1.54, 1.807) is 6.20 Å². The molecule has 2 N–H and O–H groups in total. The first kappa shape index (κ1) is 11.6. The third-order valence-electron chi connectivity index (χ3n) is 1.61. The summed E-state index contributed by atoms with van der Waals surface area (Å²) in [5.41, 5.74) is -0.0697. The fourth-order valence-corrected chi connectivity index (χ4v) is 0.896. The molecule has 0 spiro atoms. The molecule has 0 aromatic carbocycles. The van der Waals surface area contributed by atoms with E-state index < -0.39 is 0 Å². The Kier molecular flexibility index (Phi) is 3.74. The van der Waals surface area contributed by atoms with Crippen LogP contribution in [0.15, 0.2) is 18.6 Å². The van der Waals surface area contributed by atoms with Crippen LogP contribution >= 0.6 is 0 Å². The lowest BCUT2D eigenvalue weighted by molar-refractivity contribution is -0.115. The zero-order valence-electron chi connectivity index (χ0n) is 9.24. The van der Waals surface area contributed by atoms with Crippen molar-refractivity contribution in [2.45, 2.75) is 26.3 Å². The molecule has 0 aliphatic carbocycles. The topological polar surface area (TPSA) is 66.9 Å². The molecule has 0 aliphatic heterocycles. The zero-order chi connectivity index (χ0) is 11.3. The number of aromatic nitrogens is 2. The Morgan fingerprint density at radius 2 is 2.13 bits per heavy atom. The molecule has 0 bridgehead atoms. The highest BCUT2D eigenvalue weighted by molar-refractivity contribution is 5.91. The van der Waals surface area contributed by atoms with Crippen molar-refractivity contribution in [3.05, 3.63) is 18.6 Å². The normalized spacial score (nSPS) is 11.1. The summed E-state index contributed by atoms with van der Waals surface area (Å²) in [6, 6.07) is 0. The van der Waals surface area contributed by atoms with Crippen molar-refractivity contribution in [1.29, 1.82) is 0 Å². The largest absolute Gasteiger partial charge is 0.308 e. The highest BCUT2D eigenvalue weighted by atomic mass is 16.2. The minimum atomic E-state index is -0.120. The fourth-order valence-electron chi connectivity index (χ4n) is 0.896. The maximum atomic E-state index is 11.4. The first-order valence-electron chi connectivity index (χ1n) is 4.78. The number of amides is 1. The number of rotatable bonds is 3. The summed E-state index contributed by atoms with van der Waals surface area (Å²) >= 11 is 0. The summed E-state index contributed by atoms with van der Waals surface area (Å²) in [5, 5.41) is 5.72. The highest BCUT2D eigenvalue weighted by Crippen LogP contribution is 1.99. The van der Waals surface area contributed by atoms with Crippen LogP contribution < -0.4 is 10.6 Å². The Morgan fingerprint density at radius 3 is 2.67 bits per heavy atom. The molecule has 1 rings (SSSR count). The van der Waals surface area contributed by atoms with Gasteiger partial charge < -0.3 is 10.6 Å². The molecule has 1 amide bonds. The molecule has 0 saturated carbocycles. The van der Waals surface area contributed by atoms with Crippen molar-refractivity contribution >= 4 is 11.7 Å². The van der Waals surface area contributed by atoms with Crippen LogP contribution in [0.1, 0.15) is 20.8 Å². The van der Waals surface area contributed by atoms with Gasteiger partial charge in [-0.1, -0.05) is 0 Å². The van der Waals surface area contributed by atoms with Gasteiger partial charge in [-0.05, 0) is 20.8 Å². The van der Waals surface area contributed by atoms with Crippen LogP contribution in [-0.2, 0) is 4.79 Å². The number of hydrogen-bond acceptors (Lipinski definition) is 4. The zero-order valence-corrected chi connectivity index (χ0v) is 9.24. The molecule has 5 heteroatoms. The third-order valence-corrected chi connectivity index (χ3v) is 1.61. The van der Waals surface area contributed by atoms with Crippen LogP contribution in [0.2, 0.25) is 0 Å². The second-order valence-corrected chi connectivity index (χ2v) is 4.24. The van der Waals surface area contributed by atoms with Gasteiger partial charge in [0, 0.05) is 17.9 Å². The molecule has 0 saturated heterocycles. The van der Waals surface area contributed by atoms with Gasteiger partial charge in [0.15, 0.2) is 5.82 Å². The van der Waals surface area contributed by atoms with E-state index in [0.29, 0.717) is 5.82 Å². The second-order valence-electron chi connectivity index (χ2n) is 4.24. The predicted molar refractivity (Wildman–Crippen MR) is 58.4 cm³/mol. The molecule has 15 heavy (non-hydrogen) atoms. The van der Waals surface area contributed by atoms with E-state index in [9.17, 15) is 4.79 Å². The Balaban J connectivity index is 2.38. The van der Waals surface area contributed by atoms with Crippen molar-refractivity contribution in [2.75, 3.05) is 11.9 Å². The summed E-state index contributed by atoms with van der Waals surface area (Å²) in [6.07, 6.45) is 4.60. The number of hydrogen-bond donors (Lipinski definition) is 2. The summed E-state index contributed by atoms with van der Waals surface area (Å²) in [5.74, 6) is 0.351. The van der Waals surface area contributed by atoms with Crippen LogP contribution in [0.5, 0.6) is 0 Å². The molecule has 0 unspecified atom stereocenters. The molecule has 82 valence electrons. The van der Waals surface area contributed by atoms with Gasteiger partial charge in [0.2, 0.25) is 5.91 Å². The number of nitrogens with zero attached hydrogens (tertiary/aromatic N) is 2. The summed E-state index contributed by atoms with van der Waals surface area (Å²) in [6.45, 7) is 6.27. The first-order valence-corrected chi connectivity index (χ1v) is 4.78. The molecule has 0 fully saturated rings. The Bertz CT molecular complexity index is 318. The Hall–Kier alpha value is -1.49. The Morgan fingerprint density at radius 1 is 1.40 bits per heavy atom. The molecule has 0 atom stereocenters. The SMILES string of the molecule is CC(C)(C)NCC(=O)Nc1cnccn1. The van der Waals surface area contributed by atoms with E-state index in [0.717, 1.165) is 0 Å². The molecule has 1 heterocycles. The molecule has 1 aromatic rings. The molecule has 5 nitrogen and oxygen atoms in total. The monoisotopic (exact) mass is 208 g/mol. The average molecular weight is 208 g/mol. The van der Waals surface area contributed by atoms with E-state index in [4.69, 9.17) is 0 Å². The Labute approximate surface area is 89.3 Å². The standard InChI is InChI=1S/C10H16N4O/c1-10(2,3)13-7-9(15)14-8-6-11-4-5-12-8/h4-6,13H,7H2,1-3H3,(H,12,14,15). The number of carbonyl (C=O) groups is 1. The number of nitrogens with one attached hydrogen (secondary N) is 2. The summed E-state index contributed by atoms with van der Waals surface area (Å²) in [4.78, 5) is 19.2. The minimum Gasteiger partial charge on any atom is -0.308 e. The predicted octanol–water partition coefficient (Wildman–Crippen LogP) is 0.803. The van der Waals surface area contributed by atoms with Crippen LogP contribution in [0.4, 0.5) is 5.82 Å². The second kappa shape index (κ2) is 4.84. The van der Waals surface area contributed by atoms with Crippen LogP contribution in [0.25, 0.3) is 0 Å². The van der Waals surface area contributed by atoms with Gasteiger partial charge in [-0.3, -0.25) is 9.78 Å². The van der Waals surface area contributed by atoms with Crippen molar-refractivity contribution in [3.8, 4) is 0 Å². The third kappa shape index (κ3) is 5.07. The molecule has 0 radical (unpaired) electrons. The van der Waals surface area contributed by atoms with Gasteiger partial charge in [-0.15, -0.1) is 0 Å². The number of anilines is 1. The summed E-state index contributed by atoms with van der Waals surface area (Å²) in [7, 11) is 0. The molecular formula is C10H16N4O. The van der Waals surface area contributed by atoms with Gasteiger partial charge in [-0.25, -0.2) is 4.98 Å². The maximum Gasteiger partial charge on any atom is 0.239 e. The van der Waals surface area contributed by atoms with Crippen LogP contribution in [0.3, 0.4) is 0 Å². The summed E-state index contributed by atoms with van der Waals surface area (Å²) < 4.78 is 0. The van der Waals surface area contributed by atoms with Gasteiger partial charge in [0.05, 0.1) is 12.7 Å². The lowest BCUT2D eigenvalue weighted by Crippen LogP contribution is -2.41. The van der Waals surface area contributed by atoms with Crippen molar-refractivity contribution in [2.24, 2.45) is 0 Å². The lowest BCUT2D eigenvalue weighted by atomic mass is 10.1. The quantitative estimate of drug-likeness (QED) is 0.771. The smallest absolute Gasteiger partial charge is 0.239 e. The van der Waals surface area contributed by atoms with E-state index in [-0.39, 0.29) is 18.0 Å². The minimum absolute atomic E-state index is 0.0697. The van der Waals surface area contributed by atoms with Gasteiger partial charge in [0.1, 0.15) is 0 Å². The lowest BCUT2D eigenvalue weighted by Gasteiger charge is -2.19. The average Bonchev–Trinajstić information content (AvgIpc) is 2.15. The van der Waals surface area contributed by atoms with E-state index >= 15 is 0 Å².